The molecule has 0 atom stereocenters. The number of nitrogens with zero attached hydrogens (tertiary/aromatic N) is 2. The molecule has 1 heterocycles. The Morgan fingerprint density at radius 3 is 2.17 bits per heavy atom. The Kier molecular flexibility index (Phi) is 6.80. The maximum absolute atomic E-state index is 13.2. The largest absolute Gasteiger partial charge is 0.495 e. The zero-order chi connectivity index (χ0) is 25.1. The highest BCUT2D eigenvalue weighted by Gasteiger charge is 2.28. The average molecular weight is 485 g/mol. The van der Waals surface area contributed by atoms with Crippen molar-refractivity contribution >= 4 is 28.9 Å². The molecule has 1 saturated heterocycles. The van der Waals surface area contributed by atoms with Crippen LogP contribution in [0.1, 0.15) is 39.1 Å². The lowest BCUT2D eigenvalue weighted by atomic mass is 10.1. The van der Waals surface area contributed by atoms with Gasteiger partial charge in [-0.3, -0.25) is 9.59 Å². The van der Waals surface area contributed by atoms with E-state index < -0.39 is 0 Å². The second-order valence-corrected chi connectivity index (χ2v) is 9.45. The molecule has 0 spiro atoms. The predicted molar refractivity (Wildman–Crippen MR) is 143 cm³/mol. The first-order valence-corrected chi connectivity index (χ1v) is 12.5. The first-order valence-electron chi connectivity index (χ1n) is 12.5. The minimum absolute atomic E-state index is 0.0916. The van der Waals surface area contributed by atoms with Gasteiger partial charge in [-0.05, 0) is 62.2 Å². The van der Waals surface area contributed by atoms with Gasteiger partial charge in [0.15, 0.2) is 0 Å². The number of hydrogen-bond acceptors (Lipinski definition) is 5. The van der Waals surface area contributed by atoms with Gasteiger partial charge < -0.3 is 25.2 Å². The fourth-order valence-electron chi connectivity index (χ4n) is 4.55. The van der Waals surface area contributed by atoms with Crippen molar-refractivity contribution in [1.82, 2.24) is 5.32 Å². The molecule has 2 N–H and O–H groups in total. The Balaban J connectivity index is 1.34. The van der Waals surface area contributed by atoms with Crippen molar-refractivity contribution in [3.63, 3.8) is 0 Å². The second kappa shape index (κ2) is 10.3. The molecule has 186 valence electrons. The fraction of sp³-hybridized carbons (Fsp3) is 0.310. The van der Waals surface area contributed by atoms with Gasteiger partial charge in [0.1, 0.15) is 5.75 Å². The third kappa shape index (κ3) is 5.30. The van der Waals surface area contributed by atoms with Gasteiger partial charge in [-0.25, -0.2) is 0 Å². The van der Waals surface area contributed by atoms with E-state index in [0.29, 0.717) is 16.8 Å². The van der Waals surface area contributed by atoms with Crippen molar-refractivity contribution < 1.29 is 14.3 Å². The molecule has 2 amide bonds. The number of amides is 2. The highest BCUT2D eigenvalue weighted by molar-refractivity contribution is 6.06. The number of carbonyl (C=O) groups is 2. The molecule has 3 aromatic rings. The monoisotopic (exact) mass is 484 g/mol. The summed E-state index contributed by atoms with van der Waals surface area (Å²) in [5, 5.41) is 6.07. The molecule has 1 aliphatic carbocycles. The Morgan fingerprint density at radius 1 is 0.833 bits per heavy atom. The fourth-order valence-corrected chi connectivity index (χ4v) is 4.55. The Morgan fingerprint density at radius 2 is 1.50 bits per heavy atom. The molecule has 7 nitrogen and oxygen atoms in total. The summed E-state index contributed by atoms with van der Waals surface area (Å²) in [4.78, 5) is 30.5. The molecule has 2 aliphatic rings. The van der Waals surface area contributed by atoms with Crippen LogP contribution in [0, 0.1) is 6.92 Å². The van der Waals surface area contributed by atoms with E-state index in [-0.39, 0.29) is 17.9 Å². The SMILES string of the molecule is COc1ccccc1N1CCN(c2ccc(NC(=O)c3ccc(C)cc3)cc2C(=O)NC2CC2)CC1. The summed E-state index contributed by atoms with van der Waals surface area (Å²) in [5.41, 5.74) is 4.86. The van der Waals surface area contributed by atoms with E-state index in [9.17, 15) is 9.59 Å². The molecule has 0 bridgehead atoms. The highest BCUT2D eigenvalue weighted by atomic mass is 16.5. The summed E-state index contributed by atoms with van der Waals surface area (Å²) in [7, 11) is 1.69. The molecule has 5 rings (SSSR count). The molecular weight excluding hydrogens is 452 g/mol. The molecular formula is C29H32N4O3. The van der Waals surface area contributed by atoms with Gasteiger partial charge in [0, 0.05) is 49.2 Å². The number of anilines is 3. The third-order valence-electron chi connectivity index (χ3n) is 6.77. The number of hydrogen-bond donors (Lipinski definition) is 2. The molecule has 36 heavy (non-hydrogen) atoms. The normalized spacial score (nSPS) is 15.4. The van der Waals surface area contributed by atoms with E-state index in [4.69, 9.17) is 4.74 Å². The number of carbonyl (C=O) groups excluding carboxylic acids is 2. The Bertz CT molecular complexity index is 1250. The minimum Gasteiger partial charge on any atom is -0.495 e. The summed E-state index contributed by atoms with van der Waals surface area (Å²) >= 11 is 0. The lowest BCUT2D eigenvalue weighted by Crippen LogP contribution is -2.47. The van der Waals surface area contributed by atoms with Crippen LogP contribution in [0.3, 0.4) is 0 Å². The molecule has 7 heteroatoms. The van der Waals surface area contributed by atoms with E-state index in [1.165, 1.54) is 0 Å². The van der Waals surface area contributed by atoms with Crippen molar-refractivity contribution in [1.29, 1.82) is 0 Å². The van der Waals surface area contributed by atoms with Crippen molar-refractivity contribution in [3.8, 4) is 5.75 Å². The van der Waals surface area contributed by atoms with E-state index in [1.54, 1.807) is 25.3 Å². The number of aryl methyl sites for hydroxylation is 1. The molecule has 2 fully saturated rings. The highest BCUT2D eigenvalue weighted by Crippen LogP contribution is 2.31. The van der Waals surface area contributed by atoms with E-state index in [2.05, 4.69) is 26.5 Å². The van der Waals surface area contributed by atoms with Crippen LogP contribution in [0.5, 0.6) is 5.75 Å². The van der Waals surface area contributed by atoms with Gasteiger partial charge in [-0.15, -0.1) is 0 Å². The number of benzene rings is 3. The van der Waals surface area contributed by atoms with Gasteiger partial charge in [-0.2, -0.15) is 0 Å². The van der Waals surface area contributed by atoms with Crippen LogP contribution in [-0.2, 0) is 0 Å². The molecule has 1 aliphatic heterocycles. The van der Waals surface area contributed by atoms with Crippen molar-refractivity contribution in [2.45, 2.75) is 25.8 Å². The van der Waals surface area contributed by atoms with Gasteiger partial charge in [0.25, 0.3) is 11.8 Å². The maximum Gasteiger partial charge on any atom is 0.255 e. The van der Waals surface area contributed by atoms with E-state index in [1.807, 2.05) is 49.4 Å². The van der Waals surface area contributed by atoms with Crippen molar-refractivity contribution in [3.05, 3.63) is 83.4 Å². The van der Waals surface area contributed by atoms with Crippen LogP contribution in [-0.4, -0.2) is 51.1 Å². The Labute approximate surface area is 212 Å². The summed E-state index contributed by atoms with van der Waals surface area (Å²) in [6, 6.07) is 21.4. The number of rotatable bonds is 7. The molecule has 0 aromatic heterocycles. The number of methoxy groups -OCH3 is 1. The number of nitrogens with one attached hydrogen (secondary N) is 2. The molecule has 3 aromatic carbocycles. The lowest BCUT2D eigenvalue weighted by Gasteiger charge is -2.38. The first kappa shape index (κ1) is 23.7. The van der Waals surface area contributed by atoms with Crippen LogP contribution in [0.4, 0.5) is 17.1 Å². The van der Waals surface area contributed by atoms with Crippen LogP contribution in [0.2, 0.25) is 0 Å². The lowest BCUT2D eigenvalue weighted by molar-refractivity contribution is 0.0950. The van der Waals surface area contributed by atoms with Crippen LogP contribution >= 0.6 is 0 Å². The summed E-state index contributed by atoms with van der Waals surface area (Å²) in [5.74, 6) is 0.580. The zero-order valence-corrected chi connectivity index (χ0v) is 20.8. The van der Waals surface area contributed by atoms with Gasteiger partial charge in [-0.1, -0.05) is 29.8 Å². The van der Waals surface area contributed by atoms with Gasteiger partial charge in [0.05, 0.1) is 18.4 Å². The third-order valence-corrected chi connectivity index (χ3v) is 6.77. The topological polar surface area (TPSA) is 73.9 Å². The maximum atomic E-state index is 13.2. The van der Waals surface area contributed by atoms with E-state index >= 15 is 0 Å². The van der Waals surface area contributed by atoms with Crippen LogP contribution in [0.15, 0.2) is 66.7 Å². The summed E-state index contributed by atoms with van der Waals surface area (Å²) in [6.07, 6.45) is 2.03. The van der Waals surface area contributed by atoms with E-state index in [0.717, 1.165) is 61.7 Å². The summed E-state index contributed by atoms with van der Waals surface area (Å²) in [6.45, 7) is 5.17. The molecule has 1 saturated carbocycles. The van der Waals surface area contributed by atoms with Gasteiger partial charge in [0.2, 0.25) is 0 Å². The second-order valence-electron chi connectivity index (χ2n) is 9.45. The van der Waals surface area contributed by atoms with Crippen LogP contribution in [0.25, 0.3) is 0 Å². The quantitative estimate of drug-likeness (QED) is 0.518. The Hall–Kier alpha value is -4.00. The standard InChI is InChI=1S/C29H32N4O3/c1-20-7-9-21(10-8-20)28(34)31-23-13-14-25(24(19-23)29(35)30-22-11-12-22)32-15-17-33(18-16-32)26-5-3-4-6-27(26)36-2/h3-10,13-14,19,22H,11-12,15-18H2,1-2H3,(H,30,35)(H,31,34). The number of ether oxygens (including phenoxy) is 1. The van der Waals surface area contributed by atoms with Gasteiger partial charge >= 0.3 is 0 Å². The zero-order valence-electron chi connectivity index (χ0n) is 20.8. The van der Waals surface area contributed by atoms with Crippen LogP contribution < -0.4 is 25.2 Å². The first-order chi connectivity index (χ1) is 17.5. The van der Waals surface area contributed by atoms with Crippen molar-refractivity contribution in [2.24, 2.45) is 0 Å². The van der Waals surface area contributed by atoms with Crippen molar-refractivity contribution in [2.75, 3.05) is 48.4 Å². The average Bonchev–Trinajstić information content (AvgIpc) is 3.73. The number of para-hydroxylation sites is 2. The smallest absolute Gasteiger partial charge is 0.255 e. The minimum atomic E-state index is -0.193. The molecule has 0 radical (unpaired) electrons. The molecule has 0 unspecified atom stereocenters. The summed E-state index contributed by atoms with van der Waals surface area (Å²) < 4.78 is 5.54. The predicted octanol–water partition coefficient (Wildman–Crippen LogP) is 4.47. The number of piperazine rings is 1.